The largest absolute Gasteiger partial charge is 0.456 e. The predicted octanol–water partition coefficient (Wildman–Crippen LogP) is 8.71. The molecule has 0 aliphatic carbocycles. The Kier molecular flexibility index (Phi) is 3.33. The third-order valence-electron chi connectivity index (χ3n) is 6.46. The molecule has 0 aliphatic heterocycles. The van der Waals surface area contributed by atoms with Crippen LogP contribution in [0.3, 0.4) is 0 Å². The average molecular weight is 394 g/mol. The van der Waals surface area contributed by atoms with Gasteiger partial charge >= 0.3 is 0 Å². The molecule has 6 aromatic carbocycles. The zero-order valence-electron chi connectivity index (χ0n) is 16.8. The molecule has 7 rings (SSSR count). The zero-order chi connectivity index (χ0) is 20.4. The smallest absolute Gasteiger partial charge is 0.135 e. The first-order chi connectivity index (χ1) is 15.4. The van der Waals surface area contributed by atoms with Crippen LogP contribution in [0.1, 0.15) is 0 Å². The second-order valence-corrected chi connectivity index (χ2v) is 8.13. The fourth-order valence-electron chi connectivity index (χ4n) is 5.11. The van der Waals surface area contributed by atoms with Crippen LogP contribution in [-0.2, 0) is 0 Å². The molecule has 0 aliphatic rings. The lowest BCUT2D eigenvalue weighted by Crippen LogP contribution is -1.85. The quantitative estimate of drug-likeness (QED) is 0.271. The summed E-state index contributed by atoms with van der Waals surface area (Å²) in [6, 6.07) is 38.9. The fourth-order valence-corrected chi connectivity index (χ4v) is 5.11. The van der Waals surface area contributed by atoms with Crippen molar-refractivity contribution in [3.63, 3.8) is 0 Å². The molecular weight excluding hydrogens is 376 g/mol. The molecular formula is C30H18O. The molecule has 31 heavy (non-hydrogen) atoms. The Bertz CT molecular complexity index is 1780. The van der Waals surface area contributed by atoms with Gasteiger partial charge in [0, 0.05) is 10.8 Å². The molecule has 0 unspecified atom stereocenters. The van der Waals surface area contributed by atoms with Gasteiger partial charge in [0.15, 0.2) is 0 Å². The van der Waals surface area contributed by atoms with E-state index in [4.69, 9.17) is 4.42 Å². The Morgan fingerprint density at radius 2 is 0.935 bits per heavy atom. The summed E-state index contributed by atoms with van der Waals surface area (Å²) in [7, 11) is 0. The summed E-state index contributed by atoms with van der Waals surface area (Å²) in [6.45, 7) is 0. The predicted molar refractivity (Wildman–Crippen MR) is 132 cm³/mol. The lowest BCUT2D eigenvalue weighted by molar-refractivity contribution is 0.664. The van der Waals surface area contributed by atoms with Gasteiger partial charge in [0.25, 0.3) is 0 Å². The number of fused-ring (bicyclic) bond motifs is 2. The molecule has 0 saturated carbocycles. The summed E-state index contributed by atoms with van der Waals surface area (Å²) >= 11 is 0. The van der Waals surface area contributed by atoms with Crippen LogP contribution in [0, 0.1) is 0 Å². The highest BCUT2D eigenvalue weighted by Gasteiger charge is 2.14. The van der Waals surface area contributed by atoms with Gasteiger partial charge in [-0.15, -0.1) is 0 Å². The van der Waals surface area contributed by atoms with Crippen molar-refractivity contribution in [1.82, 2.24) is 0 Å². The molecule has 7 aromatic rings. The molecule has 1 heteroatoms. The second-order valence-electron chi connectivity index (χ2n) is 8.13. The Labute approximate surface area is 179 Å². The van der Waals surface area contributed by atoms with E-state index in [0.717, 1.165) is 11.2 Å². The summed E-state index contributed by atoms with van der Waals surface area (Å²) in [5.41, 5.74) is 4.32. The molecule has 0 fully saturated rings. The number of hydrogen-bond acceptors (Lipinski definition) is 1. The summed E-state index contributed by atoms with van der Waals surface area (Å²) < 4.78 is 6.52. The lowest BCUT2D eigenvalue weighted by Gasteiger charge is -2.11. The zero-order valence-corrected chi connectivity index (χ0v) is 16.8. The van der Waals surface area contributed by atoms with E-state index in [2.05, 4.69) is 109 Å². The topological polar surface area (TPSA) is 13.1 Å². The molecule has 1 heterocycles. The molecule has 0 radical (unpaired) electrons. The highest BCUT2D eigenvalue weighted by molar-refractivity contribution is 6.25. The molecule has 144 valence electrons. The first-order valence-electron chi connectivity index (χ1n) is 10.6. The van der Waals surface area contributed by atoms with Gasteiger partial charge in [0.05, 0.1) is 0 Å². The average Bonchev–Trinajstić information content (AvgIpc) is 2.97. The van der Waals surface area contributed by atoms with Crippen molar-refractivity contribution in [2.24, 2.45) is 0 Å². The maximum Gasteiger partial charge on any atom is 0.135 e. The first-order valence-corrected chi connectivity index (χ1v) is 10.6. The Hall–Kier alpha value is -4.10. The van der Waals surface area contributed by atoms with Crippen LogP contribution in [0.25, 0.3) is 65.4 Å². The van der Waals surface area contributed by atoms with Crippen LogP contribution in [0.5, 0.6) is 0 Å². The molecule has 1 aromatic heterocycles. The third-order valence-corrected chi connectivity index (χ3v) is 6.46. The van der Waals surface area contributed by atoms with E-state index in [1.165, 1.54) is 54.2 Å². The summed E-state index contributed by atoms with van der Waals surface area (Å²) in [4.78, 5) is 0. The van der Waals surface area contributed by atoms with Crippen molar-refractivity contribution >= 4 is 54.3 Å². The van der Waals surface area contributed by atoms with Crippen LogP contribution in [0.2, 0.25) is 0 Å². The van der Waals surface area contributed by atoms with Crippen molar-refractivity contribution < 1.29 is 4.42 Å². The molecule has 0 saturated heterocycles. The molecule has 0 bridgehead atoms. The summed E-state index contributed by atoms with van der Waals surface area (Å²) in [6.07, 6.45) is 0. The number of rotatable bonds is 1. The van der Waals surface area contributed by atoms with Gasteiger partial charge in [-0.3, -0.25) is 0 Å². The van der Waals surface area contributed by atoms with E-state index in [1.54, 1.807) is 0 Å². The first kappa shape index (κ1) is 16.7. The van der Waals surface area contributed by atoms with E-state index in [9.17, 15) is 0 Å². The molecule has 0 spiro atoms. The minimum atomic E-state index is 0.915. The van der Waals surface area contributed by atoms with E-state index < -0.39 is 0 Å². The Morgan fingerprint density at radius 3 is 1.87 bits per heavy atom. The molecule has 0 amide bonds. The fraction of sp³-hybridized carbons (Fsp3) is 0. The second kappa shape index (κ2) is 6.20. The van der Waals surface area contributed by atoms with Crippen LogP contribution < -0.4 is 0 Å². The van der Waals surface area contributed by atoms with E-state index in [0.29, 0.717) is 0 Å². The van der Waals surface area contributed by atoms with Crippen LogP contribution in [0.4, 0.5) is 0 Å². The highest BCUT2D eigenvalue weighted by atomic mass is 16.3. The van der Waals surface area contributed by atoms with Crippen molar-refractivity contribution in [3.05, 3.63) is 109 Å². The van der Waals surface area contributed by atoms with Gasteiger partial charge < -0.3 is 4.42 Å². The molecule has 0 N–H and O–H groups in total. The third kappa shape index (κ3) is 2.32. The lowest BCUT2D eigenvalue weighted by atomic mass is 9.92. The summed E-state index contributed by atoms with van der Waals surface area (Å²) in [5, 5.41) is 9.76. The van der Waals surface area contributed by atoms with Crippen molar-refractivity contribution in [3.8, 4) is 11.1 Å². The van der Waals surface area contributed by atoms with Crippen molar-refractivity contribution in [1.29, 1.82) is 0 Å². The number of benzene rings is 6. The van der Waals surface area contributed by atoms with Gasteiger partial charge in [-0.25, -0.2) is 0 Å². The highest BCUT2D eigenvalue weighted by Crippen LogP contribution is 2.41. The van der Waals surface area contributed by atoms with Gasteiger partial charge in [-0.1, -0.05) is 97.1 Å². The number of hydrogen-bond donors (Lipinski definition) is 0. The molecule has 0 atom stereocenters. The monoisotopic (exact) mass is 394 g/mol. The Balaban J connectivity index is 1.72. The van der Waals surface area contributed by atoms with Gasteiger partial charge in [0.2, 0.25) is 0 Å². The molecule has 1 nitrogen and oxygen atoms in total. The maximum atomic E-state index is 6.52. The van der Waals surface area contributed by atoms with Gasteiger partial charge in [-0.2, -0.15) is 0 Å². The van der Waals surface area contributed by atoms with Gasteiger partial charge in [0.1, 0.15) is 11.2 Å². The SMILES string of the molecule is c1ccc2c(-c3ccc4oc5cccc6cccc(c7cccc3c47)c65)cccc2c1. The van der Waals surface area contributed by atoms with E-state index in [-0.39, 0.29) is 0 Å². The maximum absolute atomic E-state index is 6.52. The summed E-state index contributed by atoms with van der Waals surface area (Å²) in [5.74, 6) is 0. The van der Waals surface area contributed by atoms with Crippen molar-refractivity contribution in [2.75, 3.05) is 0 Å². The Morgan fingerprint density at radius 1 is 0.355 bits per heavy atom. The minimum absolute atomic E-state index is 0.915. The normalized spacial score (nSPS) is 11.9. The standard InChI is InChI=1S/C30H18O/c1-2-11-21-19(7-1)8-3-12-22(21)23-17-18-28-30-24(23)14-6-15-26(30)25-13-4-9-20-10-5-16-27(31-28)29(20)25/h1-18H. The van der Waals surface area contributed by atoms with E-state index in [1.807, 2.05) is 0 Å². The van der Waals surface area contributed by atoms with Crippen LogP contribution in [-0.4, -0.2) is 0 Å². The van der Waals surface area contributed by atoms with E-state index >= 15 is 0 Å². The minimum Gasteiger partial charge on any atom is -0.456 e. The van der Waals surface area contributed by atoms with Crippen LogP contribution in [0.15, 0.2) is 114 Å². The van der Waals surface area contributed by atoms with Gasteiger partial charge in [-0.05, 0) is 55.6 Å². The van der Waals surface area contributed by atoms with Crippen LogP contribution >= 0.6 is 0 Å². The van der Waals surface area contributed by atoms with Crippen molar-refractivity contribution in [2.45, 2.75) is 0 Å².